The summed E-state index contributed by atoms with van der Waals surface area (Å²) in [5.74, 6) is -0.250. The topological polar surface area (TPSA) is 114 Å². The smallest absolute Gasteiger partial charge is 0.407 e. The predicted molar refractivity (Wildman–Crippen MR) is 121 cm³/mol. The molecular formula is C23H36N4O4. The van der Waals surface area contributed by atoms with Gasteiger partial charge in [0.2, 0.25) is 11.8 Å². The van der Waals surface area contributed by atoms with Gasteiger partial charge in [-0.3, -0.25) is 9.59 Å². The third-order valence-corrected chi connectivity index (χ3v) is 5.19. The van der Waals surface area contributed by atoms with Crippen LogP contribution in [0.15, 0.2) is 24.3 Å². The van der Waals surface area contributed by atoms with Gasteiger partial charge in [0, 0.05) is 31.1 Å². The number of carbonyl (C=O) groups is 3. The van der Waals surface area contributed by atoms with E-state index in [-0.39, 0.29) is 17.7 Å². The molecule has 1 aliphatic heterocycles. The third kappa shape index (κ3) is 9.83. The Hall–Kier alpha value is -2.61. The fraction of sp³-hybridized carbons (Fsp3) is 0.609. The molecule has 0 unspecified atom stereocenters. The van der Waals surface area contributed by atoms with E-state index in [0.29, 0.717) is 19.4 Å². The highest BCUT2D eigenvalue weighted by Gasteiger charge is 2.22. The van der Waals surface area contributed by atoms with Crippen molar-refractivity contribution in [1.29, 1.82) is 0 Å². The number of anilines is 1. The molecule has 4 N–H and O–H groups in total. The molecule has 3 amide bonds. The molecule has 1 fully saturated rings. The van der Waals surface area contributed by atoms with Crippen LogP contribution >= 0.6 is 0 Å². The van der Waals surface area contributed by atoms with Gasteiger partial charge in [-0.1, -0.05) is 12.1 Å². The highest BCUT2D eigenvalue weighted by Crippen LogP contribution is 2.17. The second kappa shape index (κ2) is 11.7. The van der Waals surface area contributed by atoms with Gasteiger partial charge in [0.05, 0.1) is 0 Å². The zero-order valence-corrected chi connectivity index (χ0v) is 18.9. The van der Waals surface area contributed by atoms with Crippen molar-refractivity contribution in [3.63, 3.8) is 0 Å². The van der Waals surface area contributed by atoms with E-state index in [1.54, 1.807) is 20.8 Å². The second-order valence-electron chi connectivity index (χ2n) is 9.05. The predicted octanol–water partition coefficient (Wildman–Crippen LogP) is 2.67. The summed E-state index contributed by atoms with van der Waals surface area (Å²) in [6.45, 7) is 8.56. The van der Waals surface area contributed by atoms with Crippen LogP contribution in [-0.2, 0) is 20.7 Å². The summed E-state index contributed by atoms with van der Waals surface area (Å²) in [7, 11) is 0. The fourth-order valence-electron chi connectivity index (χ4n) is 3.46. The van der Waals surface area contributed by atoms with Crippen LogP contribution in [0.4, 0.5) is 10.5 Å². The Morgan fingerprint density at radius 3 is 2.35 bits per heavy atom. The number of ether oxygens (including phenoxy) is 1. The lowest BCUT2D eigenvalue weighted by atomic mass is 9.96. The Labute approximate surface area is 184 Å². The zero-order chi connectivity index (χ0) is 22.9. The van der Waals surface area contributed by atoms with E-state index in [1.165, 1.54) is 5.56 Å². The number of hydrogen-bond acceptors (Lipinski definition) is 5. The van der Waals surface area contributed by atoms with E-state index in [4.69, 9.17) is 10.5 Å². The van der Waals surface area contributed by atoms with Crippen LogP contribution in [0.5, 0.6) is 0 Å². The normalized spacial score (nSPS) is 15.3. The maximum absolute atomic E-state index is 12.1. The van der Waals surface area contributed by atoms with Gasteiger partial charge in [0.1, 0.15) is 5.60 Å². The largest absolute Gasteiger partial charge is 0.444 e. The molecule has 31 heavy (non-hydrogen) atoms. The number of carbonyl (C=O) groups excluding carboxylic acids is 3. The summed E-state index contributed by atoms with van der Waals surface area (Å²) in [4.78, 5) is 37.3. The Morgan fingerprint density at radius 2 is 1.77 bits per heavy atom. The minimum atomic E-state index is -0.532. The molecule has 172 valence electrons. The van der Waals surface area contributed by atoms with E-state index in [1.807, 2.05) is 24.3 Å². The molecule has 0 spiro atoms. The van der Waals surface area contributed by atoms with Crippen molar-refractivity contribution >= 4 is 23.6 Å². The van der Waals surface area contributed by atoms with E-state index < -0.39 is 11.7 Å². The highest BCUT2D eigenvalue weighted by molar-refractivity contribution is 5.90. The first kappa shape index (κ1) is 24.7. The van der Waals surface area contributed by atoms with Gasteiger partial charge in [-0.25, -0.2) is 4.79 Å². The maximum Gasteiger partial charge on any atom is 0.407 e. The minimum Gasteiger partial charge on any atom is -0.444 e. The zero-order valence-electron chi connectivity index (χ0n) is 18.9. The summed E-state index contributed by atoms with van der Waals surface area (Å²) >= 11 is 0. The van der Waals surface area contributed by atoms with Crippen molar-refractivity contribution in [2.24, 2.45) is 11.7 Å². The molecule has 0 saturated carbocycles. The number of rotatable bonds is 9. The average molecular weight is 433 g/mol. The van der Waals surface area contributed by atoms with Crippen LogP contribution in [-0.4, -0.2) is 54.6 Å². The van der Waals surface area contributed by atoms with Gasteiger partial charge in [-0.15, -0.1) is 0 Å². The molecule has 0 aromatic heterocycles. The number of benzene rings is 1. The maximum atomic E-state index is 12.1. The van der Waals surface area contributed by atoms with Crippen LogP contribution in [0, 0.1) is 5.92 Å². The first-order valence-electron chi connectivity index (χ1n) is 11.0. The molecule has 0 aliphatic carbocycles. The quantitative estimate of drug-likeness (QED) is 0.519. The number of amides is 3. The minimum absolute atomic E-state index is 0.0206. The number of hydrogen-bond donors (Lipinski definition) is 3. The highest BCUT2D eigenvalue weighted by atomic mass is 16.6. The number of nitrogens with two attached hydrogens (primary N) is 1. The second-order valence-corrected chi connectivity index (χ2v) is 9.05. The third-order valence-electron chi connectivity index (χ3n) is 5.19. The number of primary amides is 1. The Balaban J connectivity index is 1.62. The van der Waals surface area contributed by atoms with Gasteiger partial charge in [0.25, 0.3) is 0 Å². The molecule has 1 aliphatic rings. The number of alkyl carbamates (subject to hydrolysis) is 1. The van der Waals surface area contributed by atoms with Crippen molar-refractivity contribution < 1.29 is 19.1 Å². The van der Waals surface area contributed by atoms with Crippen molar-refractivity contribution in [3.8, 4) is 0 Å². The molecule has 0 bridgehead atoms. The summed E-state index contributed by atoms with van der Waals surface area (Å²) in [6, 6.07) is 7.86. The lowest BCUT2D eigenvalue weighted by Crippen LogP contribution is -2.39. The summed E-state index contributed by atoms with van der Waals surface area (Å²) in [5.41, 5.74) is 6.82. The van der Waals surface area contributed by atoms with E-state index >= 15 is 0 Å². The van der Waals surface area contributed by atoms with Crippen molar-refractivity contribution in [2.45, 2.75) is 58.5 Å². The molecule has 8 heteroatoms. The number of piperidine rings is 1. The molecule has 1 saturated heterocycles. The van der Waals surface area contributed by atoms with Gasteiger partial charge < -0.3 is 26.0 Å². The van der Waals surface area contributed by atoms with Gasteiger partial charge in [-0.05, 0) is 77.2 Å². The Bertz CT molecular complexity index is 735. The Kier molecular flexibility index (Phi) is 9.30. The molecule has 0 atom stereocenters. The van der Waals surface area contributed by atoms with Gasteiger partial charge >= 0.3 is 6.09 Å². The lowest BCUT2D eigenvalue weighted by Gasteiger charge is -2.30. The Morgan fingerprint density at radius 1 is 1.13 bits per heavy atom. The summed E-state index contributed by atoms with van der Waals surface area (Å²) < 4.78 is 5.15. The molecule has 1 aromatic rings. The van der Waals surface area contributed by atoms with Crippen molar-refractivity contribution in [1.82, 2.24) is 10.2 Å². The first-order valence-corrected chi connectivity index (χ1v) is 11.0. The van der Waals surface area contributed by atoms with Crippen LogP contribution in [0.1, 0.15) is 52.0 Å². The average Bonchev–Trinajstić information content (AvgIpc) is 2.70. The molecule has 1 aromatic carbocycles. The van der Waals surface area contributed by atoms with Gasteiger partial charge in [-0.2, -0.15) is 0 Å². The van der Waals surface area contributed by atoms with E-state index in [9.17, 15) is 14.4 Å². The van der Waals surface area contributed by atoms with E-state index in [2.05, 4.69) is 15.5 Å². The number of nitrogens with zero attached hydrogens (tertiary/aromatic N) is 1. The molecule has 2 rings (SSSR count). The van der Waals surface area contributed by atoms with Gasteiger partial charge in [0.15, 0.2) is 0 Å². The van der Waals surface area contributed by atoms with Crippen LogP contribution in [0.25, 0.3) is 0 Å². The fourth-order valence-corrected chi connectivity index (χ4v) is 3.46. The summed E-state index contributed by atoms with van der Waals surface area (Å²) in [5, 5.41) is 5.53. The standard InChI is InChI=1S/C23H36N4O4/c1-23(2,3)31-22(30)25-13-4-5-20(28)26-19-8-6-17(7-9-19)10-14-27-15-11-18(12-16-27)21(24)29/h6-9,18H,4-5,10-16H2,1-3H3,(H2,24,29)(H,25,30)(H,26,28). The SMILES string of the molecule is CC(C)(C)OC(=O)NCCCC(=O)Nc1ccc(CCN2CCC(C(N)=O)CC2)cc1. The molecule has 0 radical (unpaired) electrons. The van der Waals surface area contributed by atoms with E-state index in [0.717, 1.165) is 44.6 Å². The number of likely N-dealkylation sites (tertiary alicyclic amines) is 1. The number of nitrogens with one attached hydrogen (secondary N) is 2. The monoisotopic (exact) mass is 432 g/mol. The van der Waals surface area contributed by atoms with Crippen LogP contribution < -0.4 is 16.4 Å². The van der Waals surface area contributed by atoms with Crippen molar-refractivity contribution in [2.75, 3.05) is 31.5 Å². The summed E-state index contributed by atoms with van der Waals surface area (Å²) in [6.07, 6.45) is 2.99. The molecule has 8 nitrogen and oxygen atoms in total. The first-order chi connectivity index (χ1) is 14.6. The molecule has 1 heterocycles. The van der Waals surface area contributed by atoms with Crippen molar-refractivity contribution in [3.05, 3.63) is 29.8 Å². The molecular weight excluding hydrogens is 396 g/mol. The van der Waals surface area contributed by atoms with Crippen LogP contribution in [0.3, 0.4) is 0 Å². The lowest BCUT2D eigenvalue weighted by molar-refractivity contribution is -0.123. The van der Waals surface area contributed by atoms with Crippen LogP contribution in [0.2, 0.25) is 0 Å².